The number of hydrogen-bond donors (Lipinski definition) is 0. The SMILES string of the molecule is O=C(CN1CCN(c2ccccc2)CC1)c1ccc(OCc2ccccc2)cc1. The van der Waals surface area contributed by atoms with Gasteiger partial charge in [0, 0.05) is 37.4 Å². The number of nitrogens with zero attached hydrogens (tertiary/aromatic N) is 2. The van der Waals surface area contributed by atoms with Gasteiger partial charge in [0.15, 0.2) is 5.78 Å². The zero-order valence-electron chi connectivity index (χ0n) is 16.5. The summed E-state index contributed by atoms with van der Waals surface area (Å²) in [5.74, 6) is 0.939. The number of rotatable bonds is 7. The highest BCUT2D eigenvalue weighted by Gasteiger charge is 2.19. The number of carbonyl (C=O) groups excluding carboxylic acids is 1. The third-order valence-electron chi connectivity index (χ3n) is 5.29. The zero-order valence-corrected chi connectivity index (χ0v) is 16.5. The molecule has 148 valence electrons. The van der Waals surface area contributed by atoms with Crippen molar-refractivity contribution in [1.82, 2.24) is 4.90 Å². The molecule has 1 fully saturated rings. The summed E-state index contributed by atoms with van der Waals surface area (Å²) in [4.78, 5) is 17.3. The summed E-state index contributed by atoms with van der Waals surface area (Å²) in [6, 6.07) is 28.0. The first-order valence-electron chi connectivity index (χ1n) is 10.1. The van der Waals surface area contributed by atoms with E-state index in [2.05, 4.69) is 34.1 Å². The van der Waals surface area contributed by atoms with Crippen LogP contribution in [0.15, 0.2) is 84.9 Å². The summed E-state index contributed by atoms with van der Waals surface area (Å²) < 4.78 is 5.80. The Hall–Kier alpha value is -3.11. The van der Waals surface area contributed by atoms with Gasteiger partial charge in [0.25, 0.3) is 0 Å². The minimum Gasteiger partial charge on any atom is -0.489 e. The van der Waals surface area contributed by atoms with E-state index < -0.39 is 0 Å². The lowest BCUT2D eigenvalue weighted by molar-refractivity contribution is 0.0926. The molecule has 1 aliphatic rings. The van der Waals surface area contributed by atoms with Crippen LogP contribution >= 0.6 is 0 Å². The highest BCUT2D eigenvalue weighted by atomic mass is 16.5. The van der Waals surface area contributed by atoms with Crippen LogP contribution < -0.4 is 9.64 Å². The molecule has 1 heterocycles. The molecule has 0 saturated carbocycles. The molecule has 0 aliphatic carbocycles. The molecule has 1 aliphatic heterocycles. The van der Waals surface area contributed by atoms with Crippen LogP contribution in [0.1, 0.15) is 15.9 Å². The molecule has 4 rings (SSSR count). The molecule has 0 atom stereocenters. The van der Waals surface area contributed by atoms with Crippen molar-refractivity contribution in [3.05, 3.63) is 96.1 Å². The van der Waals surface area contributed by atoms with Crippen molar-refractivity contribution in [1.29, 1.82) is 0 Å². The van der Waals surface area contributed by atoms with E-state index in [9.17, 15) is 4.79 Å². The summed E-state index contributed by atoms with van der Waals surface area (Å²) in [6.07, 6.45) is 0. The maximum absolute atomic E-state index is 12.7. The molecule has 3 aromatic carbocycles. The molecule has 1 saturated heterocycles. The standard InChI is InChI=1S/C25H26N2O2/c28-25(19-26-15-17-27(18-16-26)23-9-5-2-6-10-23)22-11-13-24(14-12-22)29-20-21-7-3-1-4-8-21/h1-14H,15-20H2. The Morgan fingerprint density at radius 1 is 0.759 bits per heavy atom. The molecule has 0 N–H and O–H groups in total. The summed E-state index contributed by atoms with van der Waals surface area (Å²) in [5.41, 5.74) is 3.12. The molecule has 29 heavy (non-hydrogen) atoms. The van der Waals surface area contributed by atoms with E-state index in [4.69, 9.17) is 4.74 Å². The van der Waals surface area contributed by atoms with Gasteiger partial charge >= 0.3 is 0 Å². The van der Waals surface area contributed by atoms with Crippen molar-refractivity contribution in [2.75, 3.05) is 37.6 Å². The number of piperazine rings is 1. The highest BCUT2D eigenvalue weighted by molar-refractivity contribution is 5.97. The Kier molecular flexibility index (Phi) is 6.22. The molecule has 4 nitrogen and oxygen atoms in total. The minimum absolute atomic E-state index is 0.160. The molecular formula is C25H26N2O2. The number of anilines is 1. The lowest BCUT2D eigenvalue weighted by Crippen LogP contribution is -2.48. The first-order valence-corrected chi connectivity index (χ1v) is 10.1. The summed E-state index contributed by atoms with van der Waals surface area (Å²) >= 11 is 0. The van der Waals surface area contributed by atoms with Crippen LogP contribution in [0.2, 0.25) is 0 Å². The normalized spacial score (nSPS) is 14.6. The van der Waals surface area contributed by atoms with Gasteiger partial charge in [-0.15, -0.1) is 0 Å². The average Bonchev–Trinajstić information content (AvgIpc) is 2.80. The van der Waals surface area contributed by atoms with Gasteiger partial charge in [0.1, 0.15) is 12.4 Å². The highest BCUT2D eigenvalue weighted by Crippen LogP contribution is 2.17. The molecule has 3 aromatic rings. The largest absolute Gasteiger partial charge is 0.489 e. The van der Waals surface area contributed by atoms with E-state index in [0.717, 1.165) is 43.1 Å². The van der Waals surface area contributed by atoms with Gasteiger partial charge in [-0.3, -0.25) is 9.69 Å². The molecule has 0 bridgehead atoms. The number of benzene rings is 3. The van der Waals surface area contributed by atoms with Crippen molar-refractivity contribution in [2.24, 2.45) is 0 Å². The van der Waals surface area contributed by atoms with Crippen LogP contribution in [-0.4, -0.2) is 43.4 Å². The first-order chi connectivity index (χ1) is 14.3. The quantitative estimate of drug-likeness (QED) is 0.568. The van der Waals surface area contributed by atoms with Crippen LogP contribution in [-0.2, 0) is 6.61 Å². The van der Waals surface area contributed by atoms with Gasteiger partial charge in [-0.05, 0) is 42.0 Å². The average molecular weight is 386 g/mol. The fourth-order valence-corrected chi connectivity index (χ4v) is 3.58. The Morgan fingerprint density at radius 2 is 1.38 bits per heavy atom. The van der Waals surface area contributed by atoms with Gasteiger partial charge < -0.3 is 9.64 Å². The predicted octanol–water partition coefficient (Wildman–Crippen LogP) is 4.27. The van der Waals surface area contributed by atoms with Crippen molar-refractivity contribution in [2.45, 2.75) is 6.61 Å². The van der Waals surface area contributed by atoms with Crippen molar-refractivity contribution >= 4 is 11.5 Å². The van der Waals surface area contributed by atoms with Crippen LogP contribution in [0.5, 0.6) is 5.75 Å². The predicted molar refractivity (Wildman–Crippen MR) is 117 cm³/mol. The van der Waals surface area contributed by atoms with Crippen LogP contribution in [0.4, 0.5) is 5.69 Å². The number of para-hydroxylation sites is 1. The van der Waals surface area contributed by atoms with E-state index in [1.54, 1.807) is 0 Å². The Morgan fingerprint density at radius 3 is 2.03 bits per heavy atom. The van der Waals surface area contributed by atoms with Gasteiger partial charge in [-0.25, -0.2) is 0 Å². The fourth-order valence-electron chi connectivity index (χ4n) is 3.58. The third-order valence-corrected chi connectivity index (χ3v) is 5.29. The number of hydrogen-bond acceptors (Lipinski definition) is 4. The molecule has 4 heteroatoms. The van der Waals surface area contributed by atoms with E-state index in [1.165, 1.54) is 5.69 Å². The number of Topliss-reactive ketones (excluding diaryl/α,β-unsaturated/α-hetero) is 1. The van der Waals surface area contributed by atoms with E-state index in [0.29, 0.717) is 13.2 Å². The van der Waals surface area contributed by atoms with Crippen LogP contribution in [0.3, 0.4) is 0 Å². The lowest BCUT2D eigenvalue weighted by atomic mass is 10.1. The number of ketones is 1. The molecule has 0 spiro atoms. The monoisotopic (exact) mass is 386 g/mol. The number of carbonyl (C=O) groups is 1. The van der Waals surface area contributed by atoms with Crippen LogP contribution in [0, 0.1) is 0 Å². The van der Waals surface area contributed by atoms with Crippen LogP contribution in [0.25, 0.3) is 0 Å². The lowest BCUT2D eigenvalue weighted by Gasteiger charge is -2.35. The molecule has 0 amide bonds. The summed E-state index contributed by atoms with van der Waals surface area (Å²) in [5, 5.41) is 0. The smallest absolute Gasteiger partial charge is 0.176 e. The Bertz CT molecular complexity index is 903. The second kappa shape index (κ2) is 9.39. The Labute approximate surface area is 172 Å². The zero-order chi connectivity index (χ0) is 19.9. The minimum atomic E-state index is 0.160. The van der Waals surface area contributed by atoms with Crippen molar-refractivity contribution < 1.29 is 9.53 Å². The van der Waals surface area contributed by atoms with Crippen molar-refractivity contribution in [3.8, 4) is 5.75 Å². The maximum atomic E-state index is 12.7. The second-order valence-corrected chi connectivity index (χ2v) is 7.32. The molecule has 0 unspecified atom stereocenters. The Balaban J connectivity index is 1.26. The molecule has 0 radical (unpaired) electrons. The molecule has 0 aromatic heterocycles. The molecular weight excluding hydrogens is 360 g/mol. The van der Waals surface area contributed by atoms with Gasteiger partial charge in [0.2, 0.25) is 0 Å². The second-order valence-electron chi connectivity index (χ2n) is 7.32. The third kappa shape index (κ3) is 5.24. The van der Waals surface area contributed by atoms with E-state index in [-0.39, 0.29) is 5.78 Å². The van der Waals surface area contributed by atoms with Gasteiger partial charge in [-0.2, -0.15) is 0 Å². The van der Waals surface area contributed by atoms with Gasteiger partial charge in [-0.1, -0.05) is 48.5 Å². The summed E-state index contributed by atoms with van der Waals surface area (Å²) in [7, 11) is 0. The van der Waals surface area contributed by atoms with Gasteiger partial charge in [0.05, 0.1) is 6.54 Å². The maximum Gasteiger partial charge on any atom is 0.176 e. The summed E-state index contributed by atoms with van der Waals surface area (Å²) in [6.45, 7) is 4.69. The van der Waals surface area contributed by atoms with Crippen molar-refractivity contribution in [3.63, 3.8) is 0 Å². The van der Waals surface area contributed by atoms with E-state index >= 15 is 0 Å². The fraction of sp³-hybridized carbons (Fsp3) is 0.240. The number of ether oxygens (including phenoxy) is 1. The first kappa shape index (κ1) is 19.2. The van der Waals surface area contributed by atoms with E-state index in [1.807, 2.05) is 60.7 Å². The topological polar surface area (TPSA) is 32.8 Å².